The first-order chi connectivity index (χ1) is 32.0. The number of ether oxygens (including phenoxy) is 5. The minimum Gasteiger partial charge on any atom is -0.462 e. The number of carbonyl (C=O) groups excluding carboxylic acids is 6. The van der Waals surface area contributed by atoms with Gasteiger partial charge in [0.15, 0.2) is 0 Å². The quantitative estimate of drug-likeness (QED) is 0.139. The highest BCUT2D eigenvalue weighted by Crippen LogP contribution is 2.49. The lowest BCUT2D eigenvalue weighted by molar-refractivity contribution is -0.160. The predicted octanol–water partition coefficient (Wildman–Crippen LogP) is 7.51. The number of esters is 2. The first-order valence-electron chi connectivity index (χ1n) is 22.5. The lowest BCUT2D eigenvalue weighted by atomic mass is 9.78. The molecule has 5 bridgehead atoms. The van der Waals surface area contributed by atoms with Crippen LogP contribution < -0.4 is 20.1 Å². The van der Waals surface area contributed by atoms with Gasteiger partial charge in [0.2, 0.25) is 11.6 Å². The van der Waals surface area contributed by atoms with Crippen LogP contribution in [-0.4, -0.2) is 82.7 Å². The van der Waals surface area contributed by atoms with Crippen LogP contribution in [-0.2, 0) is 23.8 Å². The molecule has 0 radical (unpaired) electrons. The molecule has 3 aliphatic heterocycles. The van der Waals surface area contributed by atoms with E-state index in [4.69, 9.17) is 23.7 Å². The number of aryl methyl sites for hydroxylation is 3. The number of benzene rings is 3. The molecule has 3 aromatic rings. The summed E-state index contributed by atoms with van der Waals surface area (Å²) in [6.07, 6.45) is 3.23. The van der Waals surface area contributed by atoms with E-state index in [0.717, 1.165) is 16.7 Å². The van der Waals surface area contributed by atoms with Gasteiger partial charge < -0.3 is 44.5 Å². The van der Waals surface area contributed by atoms with Crippen LogP contribution in [0.3, 0.4) is 0 Å². The molecule has 0 spiro atoms. The molecule has 360 valence electrons. The second kappa shape index (κ2) is 20.3. The van der Waals surface area contributed by atoms with Crippen LogP contribution in [0.4, 0.5) is 5.69 Å². The molecule has 3 heterocycles. The first kappa shape index (κ1) is 50.7. The summed E-state index contributed by atoms with van der Waals surface area (Å²) in [6, 6.07) is 11.9. The van der Waals surface area contributed by atoms with Crippen LogP contribution in [0, 0.1) is 51.4 Å². The van der Waals surface area contributed by atoms with Crippen molar-refractivity contribution in [3.05, 3.63) is 135 Å². The average molecular weight is 933 g/mol. The van der Waals surface area contributed by atoms with Crippen LogP contribution in [0.15, 0.2) is 90.0 Å². The van der Waals surface area contributed by atoms with Gasteiger partial charge in [0.05, 0.1) is 46.8 Å². The summed E-state index contributed by atoms with van der Waals surface area (Å²) in [5.74, 6) is -10.4. The summed E-state index contributed by atoms with van der Waals surface area (Å²) in [5, 5.41) is 28.8. The maximum atomic E-state index is 15.3. The van der Waals surface area contributed by atoms with Gasteiger partial charge in [-0.05, 0) is 76.1 Å². The fourth-order valence-electron chi connectivity index (χ4n) is 8.96. The number of aliphatic hydroxyl groups is 2. The smallest absolute Gasteiger partial charge is 0.343 e. The summed E-state index contributed by atoms with van der Waals surface area (Å²) in [4.78, 5) is 85.9. The molecule has 0 fully saturated rings. The van der Waals surface area contributed by atoms with Crippen molar-refractivity contribution >= 4 is 40.9 Å². The van der Waals surface area contributed by atoms with Crippen molar-refractivity contribution in [3.63, 3.8) is 0 Å². The molecule has 0 aromatic heterocycles. The van der Waals surface area contributed by atoms with Gasteiger partial charge in [0.25, 0.3) is 11.7 Å². The lowest BCUT2D eigenvalue weighted by Gasteiger charge is -2.38. The number of hydrogen-bond donors (Lipinski definition) is 4. The van der Waals surface area contributed by atoms with E-state index < -0.39 is 106 Å². The van der Waals surface area contributed by atoms with Gasteiger partial charge in [-0.1, -0.05) is 69.7 Å². The van der Waals surface area contributed by atoms with E-state index in [1.807, 2.05) is 26.8 Å². The van der Waals surface area contributed by atoms with Crippen molar-refractivity contribution in [2.45, 2.75) is 106 Å². The van der Waals surface area contributed by atoms with E-state index in [0.29, 0.717) is 5.69 Å². The number of anilines is 1. The lowest BCUT2D eigenvalue weighted by Crippen LogP contribution is -2.46. The minimum absolute atomic E-state index is 0.0128. The standard InChI is InChI=1S/C53H60N2O13/c1-25-16-18-35(19-17-25)52(63)67-48-33(9)49-40-38-39(48)46(60)42(41(45(38)59)54-36-23-26(2)22-27(3)24-36)55-51(62)29(5)15-13-14-28(4)43(57)31(7)44(58)32(8)47(66-34(10)56)30(6)37(64-12)20-21-65-53(11,68-49)50(40)61/h13-24,28,30-32,37,43-44,47,54,57-58H,1-12H3,(H,55,62). The molecule has 9 unspecified atom stereocenters. The molecule has 3 aromatic carbocycles. The fourth-order valence-corrected chi connectivity index (χ4v) is 8.96. The number of aliphatic hydroxyl groups excluding tert-OH is 2. The van der Waals surface area contributed by atoms with Crippen molar-refractivity contribution in [3.8, 4) is 11.5 Å². The summed E-state index contributed by atoms with van der Waals surface area (Å²) in [6.45, 7) is 17.9. The van der Waals surface area contributed by atoms with E-state index in [-0.39, 0.29) is 39.5 Å². The Hall–Kier alpha value is -6.68. The molecule has 1 amide bonds. The molecule has 9 atom stereocenters. The Kier molecular flexibility index (Phi) is 15.1. The second-order valence-corrected chi connectivity index (χ2v) is 18.3. The van der Waals surface area contributed by atoms with E-state index in [1.54, 1.807) is 64.1 Å². The molecule has 0 saturated carbocycles. The molecule has 68 heavy (non-hydrogen) atoms. The van der Waals surface area contributed by atoms with E-state index in [2.05, 4.69) is 10.6 Å². The summed E-state index contributed by atoms with van der Waals surface area (Å²) >= 11 is 0. The highest BCUT2D eigenvalue weighted by molar-refractivity contribution is 6.33. The summed E-state index contributed by atoms with van der Waals surface area (Å²) < 4.78 is 30.0. The molecule has 15 nitrogen and oxygen atoms in total. The Morgan fingerprint density at radius 3 is 2.06 bits per heavy atom. The molecular formula is C53H60N2O13. The Labute approximate surface area is 396 Å². The van der Waals surface area contributed by atoms with Crippen LogP contribution in [0.25, 0.3) is 0 Å². The predicted molar refractivity (Wildman–Crippen MR) is 252 cm³/mol. The molecule has 4 N–H and O–H groups in total. The van der Waals surface area contributed by atoms with Gasteiger partial charge in [-0.3, -0.25) is 24.0 Å². The minimum atomic E-state index is -2.18. The SMILES string of the molecule is COC1C=COC2(C)Oc3c(C)c(OC(=O)c4ccc(C)cc4)c4c(c3C2=O)C(=O)C(Nc2cc(C)cc(C)c2)=C(NC(=O)C(C)=CC=CC(C)C(O)C(C)C(O)C(C)C(OC(C)=O)C1C)C4=O. The number of fused-ring (bicyclic) bond motifs is 14. The Morgan fingerprint density at radius 1 is 0.794 bits per heavy atom. The molecule has 15 heteroatoms. The average Bonchev–Trinajstić information content (AvgIpc) is 3.55. The molecule has 7 rings (SSSR count). The van der Waals surface area contributed by atoms with Crippen LogP contribution in [0.1, 0.15) is 112 Å². The van der Waals surface area contributed by atoms with E-state index in [9.17, 15) is 29.4 Å². The number of hydrogen-bond acceptors (Lipinski definition) is 14. The van der Waals surface area contributed by atoms with Gasteiger partial charge in [-0.2, -0.15) is 0 Å². The van der Waals surface area contributed by atoms with Crippen molar-refractivity contribution in [2.24, 2.45) is 23.7 Å². The Morgan fingerprint density at radius 2 is 1.44 bits per heavy atom. The van der Waals surface area contributed by atoms with Crippen molar-refractivity contribution < 1.29 is 62.7 Å². The van der Waals surface area contributed by atoms with Gasteiger partial charge in [-0.25, -0.2) is 4.79 Å². The molecular weight excluding hydrogens is 873 g/mol. The van der Waals surface area contributed by atoms with Crippen LogP contribution in [0.5, 0.6) is 11.5 Å². The van der Waals surface area contributed by atoms with Crippen LogP contribution >= 0.6 is 0 Å². The monoisotopic (exact) mass is 932 g/mol. The number of allylic oxidation sites excluding steroid dienone is 4. The zero-order chi connectivity index (χ0) is 50.1. The third-order valence-electron chi connectivity index (χ3n) is 12.9. The summed E-state index contributed by atoms with van der Waals surface area (Å²) in [7, 11) is 1.42. The van der Waals surface area contributed by atoms with Crippen molar-refractivity contribution in [1.29, 1.82) is 0 Å². The summed E-state index contributed by atoms with van der Waals surface area (Å²) in [5.41, 5.74) is 1.06. The first-order valence-corrected chi connectivity index (χ1v) is 22.5. The highest BCUT2D eigenvalue weighted by Gasteiger charge is 2.53. The van der Waals surface area contributed by atoms with Gasteiger partial charge in [-0.15, -0.1) is 0 Å². The van der Waals surface area contributed by atoms with Crippen molar-refractivity contribution in [1.82, 2.24) is 5.32 Å². The maximum absolute atomic E-state index is 15.3. The Balaban J connectivity index is 1.58. The zero-order valence-electron chi connectivity index (χ0n) is 40.4. The molecule has 0 saturated heterocycles. The maximum Gasteiger partial charge on any atom is 0.343 e. The third kappa shape index (κ3) is 10.1. The number of nitrogens with one attached hydrogen (secondary N) is 2. The number of carbonyl (C=O) groups is 6. The Bertz CT molecular complexity index is 2660. The van der Waals surface area contributed by atoms with Gasteiger partial charge in [0, 0.05) is 61.5 Å². The van der Waals surface area contributed by atoms with Crippen molar-refractivity contribution in [2.75, 3.05) is 12.4 Å². The van der Waals surface area contributed by atoms with Gasteiger partial charge >= 0.3 is 17.7 Å². The molecule has 4 aliphatic rings. The van der Waals surface area contributed by atoms with E-state index >= 15 is 9.59 Å². The normalized spacial score (nSPS) is 26.7. The topological polar surface area (TPSA) is 213 Å². The number of Topliss-reactive ketones (excluding diaryl/α,β-unsaturated/α-hetero) is 3. The number of methoxy groups -OCH3 is 1. The van der Waals surface area contributed by atoms with E-state index in [1.165, 1.54) is 65.4 Å². The highest BCUT2D eigenvalue weighted by atomic mass is 16.7. The van der Waals surface area contributed by atoms with Gasteiger partial charge in [0.1, 0.15) is 29.0 Å². The number of ketones is 3. The largest absolute Gasteiger partial charge is 0.462 e. The molecule has 1 aliphatic carbocycles. The fraction of sp³-hybridized carbons (Fsp3) is 0.396. The number of rotatable bonds is 6. The number of amides is 1. The zero-order valence-corrected chi connectivity index (χ0v) is 40.4. The van der Waals surface area contributed by atoms with Crippen LogP contribution in [0.2, 0.25) is 0 Å². The second-order valence-electron chi connectivity index (χ2n) is 18.3. The third-order valence-corrected chi connectivity index (χ3v) is 12.9.